The molecule has 6 heteroatoms. The minimum Gasteiger partial charge on any atom is -0.396 e. The number of nitrogens with zero attached hydrogens (tertiary/aromatic N) is 3. The first-order chi connectivity index (χ1) is 9.18. The van der Waals surface area contributed by atoms with Crippen LogP contribution in [-0.2, 0) is 11.3 Å². The van der Waals surface area contributed by atoms with Crippen LogP contribution < -0.4 is 5.32 Å². The van der Waals surface area contributed by atoms with Crippen LogP contribution in [0.3, 0.4) is 0 Å². The number of nitrogens with one attached hydrogen (secondary N) is 1. The fraction of sp³-hybridized carbons (Fsp3) is 0.538. The Morgan fingerprint density at radius 3 is 3.05 bits per heavy atom. The van der Waals surface area contributed by atoms with Gasteiger partial charge in [-0.15, -0.1) is 0 Å². The average Bonchev–Trinajstić information content (AvgIpc) is 2.80. The van der Waals surface area contributed by atoms with Gasteiger partial charge in [0.15, 0.2) is 5.65 Å². The average molecular weight is 264 g/mol. The highest BCUT2D eigenvalue weighted by atomic mass is 16.5. The van der Waals surface area contributed by atoms with Gasteiger partial charge in [-0.05, 0) is 13.3 Å². The summed E-state index contributed by atoms with van der Waals surface area (Å²) in [5.41, 5.74) is 1.63. The van der Waals surface area contributed by atoms with Crippen LogP contribution in [0.5, 0.6) is 0 Å². The van der Waals surface area contributed by atoms with Crippen LogP contribution in [0.1, 0.15) is 19.0 Å². The molecule has 0 amide bonds. The summed E-state index contributed by atoms with van der Waals surface area (Å²) in [6.45, 7) is 3.37. The minimum atomic E-state index is -0.249. The van der Waals surface area contributed by atoms with E-state index < -0.39 is 0 Å². The zero-order chi connectivity index (χ0) is 13.7. The lowest BCUT2D eigenvalue weighted by atomic mass is 9.99. The van der Waals surface area contributed by atoms with Gasteiger partial charge in [0.25, 0.3) is 0 Å². The Labute approximate surface area is 112 Å². The molecule has 2 rings (SSSR count). The molecule has 6 nitrogen and oxygen atoms in total. The molecule has 0 saturated heterocycles. The van der Waals surface area contributed by atoms with Gasteiger partial charge in [-0.3, -0.25) is 9.38 Å². The van der Waals surface area contributed by atoms with Crippen molar-refractivity contribution in [3.63, 3.8) is 0 Å². The molecule has 0 bridgehead atoms. The molecular formula is C13H20N4O2. The first-order valence-electron chi connectivity index (χ1n) is 6.29. The zero-order valence-electron chi connectivity index (χ0n) is 11.3. The molecule has 2 aromatic rings. The van der Waals surface area contributed by atoms with Crippen molar-refractivity contribution in [2.24, 2.45) is 0 Å². The van der Waals surface area contributed by atoms with Crippen molar-refractivity contribution < 1.29 is 9.84 Å². The number of fused-ring (bicyclic) bond motifs is 1. The summed E-state index contributed by atoms with van der Waals surface area (Å²) >= 11 is 0. The van der Waals surface area contributed by atoms with Gasteiger partial charge in [-0.25, -0.2) is 4.98 Å². The molecule has 1 unspecified atom stereocenters. The number of rotatable bonds is 7. The third kappa shape index (κ3) is 3.28. The van der Waals surface area contributed by atoms with Gasteiger partial charge in [-0.2, -0.15) is 0 Å². The summed E-state index contributed by atoms with van der Waals surface area (Å²) in [5.74, 6) is 0. The van der Waals surface area contributed by atoms with Crippen LogP contribution in [0.25, 0.3) is 5.65 Å². The van der Waals surface area contributed by atoms with Gasteiger partial charge >= 0.3 is 0 Å². The Hall–Kier alpha value is -1.50. The fourth-order valence-electron chi connectivity index (χ4n) is 2.11. The SMILES string of the molecule is COCC(C)(CCO)NCc1cnc2cnccn12. The highest BCUT2D eigenvalue weighted by Crippen LogP contribution is 2.12. The van der Waals surface area contributed by atoms with Gasteiger partial charge in [0.05, 0.1) is 24.7 Å². The molecule has 0 fully saturated rings. The lowest BCUT2D eigenvalue weighted by Gasteiger charge is -2.29. The summed E-state index contributed by atoms with van der Waals surface area (Å²) in [4.78, 5) is 8.33. The highest BCUT2D eigenvalue weighted by Gasteiger charge is 2.23. The number of methoxy groups -OCH3 is 1. The smallest absolute Gasteiger partial charge is 0.155 e. The van der Waals surface area contributed by atoms with E-state index in [0.717, 1.165) is 11.3 Å². The molecule has 0 saturated carbocycles. The predicted octanol–water partition coefficient (Wildman–Crippen LogP) is 0.606. The molecule has 0 aromatic carbocycles. The molecule has 0 radical (unpaired) electrons. The number of aliphatic hydroxyl groups excluding tert-OH is 1. The number of aromatic nitrogens is 3. The van der Waals surface area contributed by atoms with Gasteiger partial charge in [-0.1, -0.05) is 0 Å². The van der Waals surface area contributed by atoms with Crippen molar-refractivity contribution in [3.05, 3.63) is 30.5 Å². The van der Waals surface area contributed by atoms with E-state index in [1.807, 2.05) is 23.7 Å². The van der Waals surface area contributed by atoms with E-state index in [2.05, 4.69) is 15.3 Å². The third-order valence-electron chi connectivity index (χ3n) is 3.22. The second-order valence-corrected chi connectivity index (χ2v) is 4.87. The number of hydrogen-bond acceptors (Lipinski definition) is 5. The number of imidazole rings is 1. The summed E-state index contributed by atoms with van der Waals surface area (Å²) in [5, 5.41) is 12.6. The quantitative estimate of drug-likeness (QED) is 0.766. The van der Waals surface area contributed by atoms with Crippen LogP contribution in [0.15, 0.2) is 24.8 Å². The van der Waals surface area contributed by atoms with Crippen molar-refractivity contribution in [1.82, 2.24) is 19.7 Å². The molecule has 0 aliphatic carbocycles. The number of aliphatic hydroxyl groups is 1. The topological polar surface area (TPSA) is 71.7 Å². The van der Waals surface area contributed by atoms with E-state index >= 15 is 0 Å². The molecule has 1 atom stereocenters. The van der Waals surface area contributed by atoms with Crippen molar-refractivity contribution >= 4 is 5.65 Å². The first kappa shape index (κ1) is 13.9. The van der Waals surface area contributed by atoms with Crippen LogP contribution in [0, 0.1) is 0 Å². The van der Waals surface area contributed by atoms with Crippen molar-refractivity contribution in [2.75, 3.05) is 20.3 Å². The van der Waals surface area contributed by atoms with Gasteiger partial charge in [0, 0.05) is 38.2 Å². The van der Waals surface area contributed by atoms with Crippen molar-refractivity contribution in [3.8, 4) is 0 Å². The Morgan fingerprint density at radius 2 is 2.32 bits per heavy atom. The Kier molecular flexibility index (Phi) is 4.47. The van der Waals surface area contributed by atoms with Crippen LogP contribution in [-0.4, -0.2) is 45.3 Å². The standard InChI is InChI=1S/C13H20N4O2/c1-13(3-6-18,10-19-2)16-8-11-7-15-12-9-14-4-5-17(11)12/h4-5,7,9,16,18H,3,6,8,10H2,1-2H3. The number of ether oxygens (including phenoxy) is 1. The van der Waals surface area contributed by atoms with Crippen LogP contribution in [0.2, 0.25) is 0 Å². The predicted molar refractivity (Wildman–Crippen MR) is 71.8 cm³/mol. The lowest BCUT2D eigenvalue weighted by molar-refractivity contribution is 0.0967. The Bertz CT molecular complexity index is 520. The maximum atomic E-state index is 9.14. The molecule has 2 heterocycles. The fourth-order valence-corrected chi connectivity index (χ4v) is 2.11. The summed E-state index contributed by atoms with van der Waals surface area (Å²) in [7, 11) is 1.66. The van der Waals surface area contributed by atoms with Crippen molar-refractivity contribution in [2.45, 2.75) is 25.4 Å². The summed E-state index contributed by atoms with van der Waals surface area (Å²) < 4.78 is 7.20. The Balaban J connectivity index is 2.08. The molecule has 0 aliphatic rings. The van der Waals surface area contributed by atoms with E-state index in [0.29, 0.717) is 19.6 Å². The highest BCUT2D eigenvalue weighted by molar-refractivity contribution is 5.36. The molecule has 0 aliphatic heterocycles. The van der Waals surface area contributed by atoms with Crippen molar-refractivity contribution in [1.29, 1.82) is 0 Å². The zero-order valence-corrected chi connectivity index (χ0v) is 11.3. The van der Waals surface area contributed by atoms with Gasteiger partial charge < -0.3 is 15.2 Å². The molecule has 104 valence electrons. The van der Waals surface area contributed by atoms with E-state index in [1.165, 1.54) is 0 Å². The van der Waals surface area contributed by atoms with E-state index in [9.17, 15) is 0 Å². The lowest BCUT2D eigenvalue weighted by Crippen LogP contribution is -2.46. The molecule has 2 aromatic heterocycles. The molecule has 19 heavy (non-hydrogen) atoms. The summed E-state index contributed by atoms with van der Waals surface area (Å²) in [6, 6.07) is 0. The molecule has 0 spiro atoms. The monoisotopic (exact) mass is 264 g/mol. The Morgan fingerprint density at radius 1 is 1.47 bits per heavy atom. The molecule has 2 N–H and O–H groups in total. The van der Waals surface area contributed by atoms with E-state index in [-0.39, 0.29) is 12.1 Å². The second kappa shape index (κ2) is 6.10. The van der Waals surface area contributed by atoms with Gasteiger partial charge in [0.1, 0.15) is 0 Å². The second-order valence-electron chi connectivity index (χ2n) is 4.87. The number of hydrogen-bond donors (Lipinski definition) is 2. The van der Waals surface area contributed by atoms with Crippen LogP contribution in [0.4, 0.5) is 0 Å². The van der Waals surface area contributed by atoms with E-state index in [4.69, 9.17) is 9.84 Å². The minimum absolute atomic E-state index is 0.129. The first-order valence-corrected chi connectivity index (χ1v) is 6.29. The summed E-state index contributed by atoms with van der Waals surface area (Å²) in [6.07, 6.45) is 7.82. The molecular weight excluding hydrogens is 244 g/mol. The normalized spacial score (nSPS) is 14.7. The van der Waals surface area contributed by atoms with Crippen LogP contribution >= 0.6 is 0 Å². The third-order valence-corrected chi connectivity index (χ3v) is 3.22. The van der Waals surface area contributed by atoms with Gasteiger partial charge in [0.2, 0.25) is 0 Å². The van der Waals surface area contributed by atoms with E-state index in [1.54, 1.807) is 19.5 Å². The maximum absolute atomic E-state index is 9.14. The largest absolute Gasteiger partial charge is 0.396 e. The maximum Gasteiger partial charge on any atom is 0.155 e.